The van der Waals surface area contributed by atoms with E-state index in [4.69, 9.17) is 21.1 Å². The first-order valence-corrected chi connectivity index (χ1v) is 15.1. The number of carbonyl (C=O) groups excluding carboxylic acids is 1. The standard InChI is InChI=1S/C31H25ClFIN2O4S/c1-4-39-30(38)26-18(3)35-31-36(27(26)20-9-5-17(2)6-10-20)29(37)25(41-31)14-21-13-22(32)15-24(34)28(21)40-16-19-7-11-23(33)12-8-19/h5-15,27H,4,16H2,1-3H3/b25-14-/t27-/m0/s1. The van der Waals surface area contributed by atoms with E-state index in [2.05, 4.69) is 27.6 Å². The van der Waals surface area contributed by atoms with Gasteiger partial charge in [-0.05, 0) is 84.8 Å². The van der Waals surface area contributed by atoms with Gasteiger partial charge in [0.1, 0.15) is 18.2 Å². The average Bonchev–Trinajstić information content (AvgIpc) is 3.23. The number of rotatable bonds is 7. The molecule has 0 fully saturated rings. The maximum atomic E-state index is 14.0. The molecule has 6 nitrogen and oxygen atoms in total. The van der Waals surface area contributed by atoms with Crippen molar-refractivity contribution in [2.45, 2.75) is 33.4 Å². The molecule has 10 heteroatoms. The molecule has 0 radical (unpaired) electrons. The second-order valence-corrected chi connectivity index (χ2v) is 12.0. The van der Waals surface area contributed by atoms with Gasteiger partial charge < -0.3 is 9.47 Å². The van der Waals surface area contributed by atoms with Crippen molar-refractivity contribution in [2.24, 2.45) is 4.99 Å². The number of aromatic nitrogens is 1. The lowest BCUT2D eigenvalue weighted by atomic mass is 9.95. The van der Waals surface area contributed by atoms with Gasteiger partial charge in [0.05, 0.1) is 32.0 Å². The quantitative estimate of drug-likeness (QED) is 0.173. The van der Waals surface area contributed by atoms with Crippen LogP contribution in [0.3, 0.4) is 0 Å². The molecule has 0 aliphatic carbocycles. The van der Waals surface area contributed by atoms with E-state index in [0.29, 0.717) is 36.9 Å². The van der Waals surface area contributed by atoms with E-state index < -0.39 is 12.0 Å². The molecular formula is C31H25ClFIN2O4S. The highest BCUT2D eigenvalue weighted by atomic mass is 127. The lowest BCUT2D eigenvalue weighted by molar-refractivity contribution is -0.139. The first-order chi connectivity index (χ1) is 19.7. The molecule has 0 saturated carbocycles. The van der Waals surface area contributed by atoms with Crippen molar-refractivity contribution in [2.75, 3.05) is 6.61 Å². The summed E-state index contributed by atoms with van der Waals surface area (Å²) in [5, 5.41) is 0.487. The van der Waals surface area contributed by atoms with Crippen molar-refractivity contribution in [1.29, 1.82) is 0 Å². The van der Waals surface area contributed by atoms with Crippen molar-refractivity contribution >= 4 is 57.6 Å². The second-order valence-electron chi connectivity index (χ2n) is 9.43. The highest BCUT2D eigenvalue weighted by Gasteiger charge is 2.33. The van der Waals surface area contributed by atoms with Gasteiger partial charge in [-0.15, -0.1) is 0 Å². The van der Waals surface area contributed by atoms with E-state index in [1.807, 2.05) is 31.2 Å². The Hall–Kier alpha value is -3.28. The number of nitrogens with zero attached hydrogens (tertiary/aromatic N) is 2. The summed E-state index contributed by atoms with van der Waals surface area (Å²) in [4.78, 5) is 32.2. The summed E-state index contributed by atoms with van der Waals surface area (Å²) in [6.45, 7) is 5.88. The molecule has 1 aliphatic rings. The Morgan fingerprint density at radius 1 is 1.15 bits per heavy atom. The van der Waals surface area contributed by atoms with Crippen LogP contribution >= 0.6 is 45.5 Å². The van der Waals surface area contributed by atoms with Crippen LogP contribution in [-0.2, 0) is 16.1 Å². The molecule has 0 saturated heterocycles. The van der Waals surface area contributed by atoms with Gasteiger partial charge in [-0.1, -0.05) is 64.9 Å². The Labute approximate surface area is 258 Å². The number of allylic oxidation sites excluding steroid dienone is 1. The highest BCUT2D eigenvalue weighted by molar-refractivity contribution is 14.1. The number of esters is 1. The van der Waals surface area contributed by atoms with Gasteiger partial charge in [0.25, 0.3) is 5.56 Å². The lowest BCUT2D eigenvalue weighted by Gasteiger charge is -2.24. The predicted molar refractivity (Wildman–Crippen MR) is 166 cm³/mol. The molecule has 0 unspecified atom stereocenters. The number of aryl methyl sites for hydroxylation is 1. The first-order valence-electron chi connectivity index (χ1n) is 12.8. The van der Waals surface area contributed by atoms with Crippen molar-refractivity contribution in [1.82, 2.24) is 4.57 Å². The van der Waals surface area contributed by atoms with Gasteiger partial charge in [-0.3, -0.25) is 9.36 Å². The molecule has 0 spiro atoms. The Kier molecular flexibility index (Phi) is 8.77. The Morgan fingerprint density at radius 3 is 2.54 bits per heavy atom. The zero-order valence-electron chi connectivity index (χ0n) is 22.4. The number of benzene rings is 3. The predicted octanol–water partition coefficient (Wildman–Crippen LogP) is 6.08. The van der Waals surface area contributed by atoms with Crippen LogP contribution < -0.4 is 19.6 Å². The van der Waals surface area contributed by atoms with Crippen LogP contribution in [0.15, 0.2) is 81.7 Å². The topological polar surface area (TPSA) is 69.9 Å². The van der Waals surface area contributed by atoms with Crippen LogP contribution in [-0.4, -0.2) is 17.1 Å². The zero-order chi connectivity index (χ0) is 29.3. The van der Waals surface area contributed by atoms with E-state index >= 15 is 0 Å². The third-order valence-corrected chi connectivity index (χ3v) is 8.53. The number of hydrogen-bond donors (Lipinski definition) is 0. The summed E-state index contributed by atoms with van der Waals surface area (Å²) in [7, 11) is 0. The number of thiazole rings is 1. The second kappa shape index (κ2) is 12.3. The fourth-order valence-corrected chi connectivity index (χ4v) is 6.82. The third kappa shape index (κ3) is 6.17. The van der Waals surface area contributed by atoms with Gasteiger partial charge >= 0.3 is 5.97 Å². The number of halogens is 3. The molecule has 1 aliphatic heterocycles. The third-order valence-electron chi connectivity index (χ3n) is 6.53. The van der Waals surface area contributed by atoms with Crippen LogP contribution in [0.5, 0.6) is 5.75 Å². The van der Waals surface area contributed by atoms with Crippen LogP contribution in [0.1, 0.15) is 42.1 Å². The smallest absolute Gasteiger partial charge is 0.338 e. The minimum atomic E-state index is -0.693. The molecule has 1 atom stereocenters. The zero-order valence-corrected chi connectivity index (χ0v) is 26.1. The highest BCUT2D eigenvalue weighted by Crippen LogP contribution is 2.32. The fraction of sp³-hybridized carbons (Fsp3) is 0.194. The molecule has 41 heavy (non-hydrogen) atoms. The van der Waals surface area contributed by atoms with Crippen molar-refractivity contribution in [3.8, 4) is 5.75 Å². The van der Waals surface area contributed by atoms with E-state index in [0.717, 1.165) is 20.3 Å². The number of fused-ring (bicyclic) bond motifs is 1. The molecule has 210 valence electrons. The van der Waals surface area contributed by atoms with Crippen LogP contribution in [0.25, 0.3) is 6.08 Å². The summed E-state index contributed by atoms with van der Waals surface area (Å²) in [5.41, 5.74) is 3.78. The van der Waals surface area contributed by atoms with Crippen LogP contribution in [0.2, 0.25) is 5.02 Å². The van der Waals surface area contributed by atoms with Crippen molar-refractivity contribution in [3.05, 3.63) is 128 Å². The van der Waals surface area contributed by atoms with Crippen LogP contribution in [0, 0.1) is 16.3 Å². The van der Waals surface area contributed by atoms with E-state index in [1.165, 1.54) is 23.5 Å². The largest absolute Gasteiger partial charge is 0.487 e. The van der Waals surface area contributed by atoms with Crippen LogP contribution in [0.4, 0.5) is 4.39 Å². The summed E-state index contributed by atoms with van der Waals surface area (Å²) >= 11 is 9.76. The fourth-order valence-electron chi connectivity index (χ4n) is 4.57. The molecule has 0 amide bonds. The van der Waals surface area contributed by atoms with Gasteiger partial charge in [0, 0.05) is 10.6 Å². The average molecular weight is 703 g/mol. The molecule has 3 aromatic carbocycles. The number of ether oxygens (including phenoxy) is 2. The lowest BCUT2D eigenvalue weighted by Crippen LogP contribution is -2.39. The molecule has 2 heterocycles. The van der Waals surface area contributed by atoms with Gasteiger partial charge in [0.2, 0.25) is 0 Å². The summed E-state index contributed by atoms with van der Waals surface area (Å²) in [6.07, 6.45) is 1.73. The summed E-state index contributed by atoms with van der Waals surface area (Å²) < 4.78 is 27.6. The maximum absolute atomic E-state index is 14.0. The molecule has 4 aromatic rings. The minimum absolute atomic E-state index is 0.203. The number of carbonyl (C=O) groups is 1. The normalized spacial score (nSPS) is 15.0. The van der Waals surface area contributed by atoms with Crippen molar-refractivity contribution < 1.29 is 18.7 Å². The van der Waals surface area contributed by atoms with Gasteiger partial charge in [-0.25, -0.2) is 14.2 Å². The maximum Gasteiger partial charge on any atom is 0.338 e. The molecular weight excluding hydrogens is 678 g/mol. The Morgan fingerprint density at radius 2 is 1.85 bits per heavy atom. The first kappa shape index (κ1) is 29.2. The molecule has 0 N–H and O–H groups in total. The van der Waals surface area contributed by atoms with Gasteiger partial charge in [0.15, 0.2) is 4.80 Å². The molecule has 5 rings (SSSR count). The van der Waals surface area contributed by atoms with Crippen molar-refractivity contribution in [3.63, 3.8) is 0 Å². The SMILES string of the molecule is CCOC(=O)C1=C(C)N=c2s/c(=C\c3cc(Cl)cc(I)c3OCc3ccc(F)cc3)c(=O)n2[C@H]1c1ccc(C)cc1. The summed E-state index contributed by atoms with van der Waals surface area (Å²) in [5.74, 6) is -0.283. The Bertz CT molecular complexity index is 1850. The van der Waals surface area contributed by atoms with E-state index in [9.17, 15) is 14.0 Å². The Balaban J connectivity index is 1.64. The molecule has 1 aromatic heterocycles. The molecule has 0 bridgehead atoms. The monoisotopic (exact) mass is 702 g/mol. The minimum Gasteiger partial charge on any atom is -0.487 e. The van der Waals surface area contributed by atoms with E-state index in [-0.39, 0.29) is 24.6 Å². The number of hydrogen-bond acceptors (Lipinski definition) is 6. The summed E-state index contributed by atoms with van der Waals surface area (Å²) in [6, 6.07) is 16.6. The van der Waals surface area contributed by atoms with E-state index in [1.54, 1.807) is 48.8 Å². The van der Waals surface area contributed by atoms with Gasteiger partial charge in [-0.2, -0.15) is 0 Å².